The number of rotatable bonds is 5. The highest BCUT2D eigenvalue weighted by Gasteiger charge is 2.23. The molecule has 5 nitrogen and oxygen atoms in total. The number of aliphatic carboxylic acids is 1. The maximum Gasteiger partial charge on any atom is 0.349 e. The van der Waals surface area contributed by atoms with Gasteiger partial charge in [0, 0.05) is 12.5 Å². The maximum atomic E-state index is 11.0. The van der Waals surface area contributed by atoms with Gasteiger partial charge in [0.1, 0.15) is 5.75 Å². The number of hydrogen-bond donors (Lipinski definition) is 1. The molecule has 0 spiro atoms. The van der Waals surface area contributed by atoms with Gasteiger partial charge < -0.3 is 14.6 Å². The van der Waals surface area contributed by atoms with E-state index >= 15 is 0 Å². The van der Waals surface area contributed by atoms with E-state index in [1.807, 2.05) is 6.92 Å². The molecule has 0 amide bonds. The van der Waals surface area contributed by atoms with Gasteiger partial charge in [-0.25, -0.2) is 4.79 Å². The van der Waals surface area contributed by atoms with Gasteiger partial charge in [0.15, 0.2) is 0 Å². The minimum atomic E-state index is -1.30. The number of carbonyl (C=O) groups excluding carboxylic acids is 1. The smallest absolute Gasteiger partial charge is 0.349 e. The molecular formula is C12H14O5. The van der Waals surface area contributed by atoms with Crippen LogP contribution < -0.4 is 4.74 Å². The molecule has 1 aromatic carbocycles. The molecule has 17 heavy (non-hydrogen) atoms. The average Bonchev–Trinajstić information content (AvgIpc) is 2.26. The number of esters is 1. The number of hydrogen-bond acceptors (Lipinski definition) is 4. The summed E-state index contributed by atoms with van der Waals surface area (Å²) < 4.78 is 9.98. The minimum Gasteiger partial charge on any atom is -0.494 e. The van der Waals surface area contributed by atoms with Crippen LogP contribution in [0.3, 0.4) is 0 Å². The summed E-state index contributed by atoms with van der Waals surface area (Å²) in [5.74, 6) is -1.31. The second-order valence-corrected chi connectivity index (χ2v) is 3.33. The molecule has 1 aromatic rings. The Morgan fingerprint density at radius 1 is 1.41 bits per heavy atom. The Labute approximate surface area is 99.0 Å². The van der Waals surface area contributed by atoms with Crippen LogP contribution in [0.4, 0.5) is 0 Å². The third-order valence-electron chi connectivity index (χ3n) is 1.98. The van der Waals surface area contributed by atoms with E-state index in [1.54, 1.807) is 24.3 Å². The third-order valence-corrected chi connectivity index (χ3v) is 1.98. The van der Waals surface area contributed by atoms with Gasteiger partial charge in [-0.1, -0.05) is 12.1 Å². The van der Waals surface area contributed by atoms with E-state index in [0.717, 1.165) is 0 Å². The Morgan fingerprint density at radius 2 is 2.12 bits per heavy atom. The van der Waals surface area contributed by atoms with Crippen molar-refractivity contribution in [3.8, 4) is 5.75 Å². The van der Waals surface area contributed by atoms with Crippen LogP contribution in [0, 0.1) is 0 Å². The second-order valence-electron chi connectivity index (χ2n) is 3.33. The molecule has 0 aromatic heterocycles. The first kappa shape index (κ1) is 13.0. The Morgan fingerprint density at radius 3 is 2.65 bits per heavy atom. The molecule has 0 aliphatic rings. The largest absolute Gasteiger partial charge is 0.494 e. The van der Waals surface area contributed by atoms with Gasteiger partial charge in [-0.3, -0.25) is 4.79 Å². The molecule has 1 unspecified atom stereocenters. The van der Waals surface area contributed by atoms with Gasteiger partial charge in [-0.05, 0) is 19.1 Å². The van der Waals surface area contributed by atoms with Gasteiger partial charge in [0.05, 0.1) is 6.61 Å². The van der Waals surface area contributed by atoms with Crippen LogP contribution in [-0.2, 0) is 14.3 Å². The molecular weight excluding hydrogens is 224 g/mol. The van der Waals surface area contributed by atoms with Gasteiger partial charge in [-0.2, -0.15) is 0 Å². The van der Waals surface area contributed by atoms with E-state index in [4.69, 9.17) is 14.6 Å². The van der Waals surface area contributed by atoms with Crippen LogP contribution in [-0.4, -0.2) is 23.7 Å². The summed E-state index contributed by atoms with van der Waals surface area (Å²) in [5.41, 5.74) is 0.374. The van der Waals surface area contributed by atoms with E-state index in [0.29, 0.717) is 17.9 Å². The zero-order chi connectivity index (χ0) is 12.8. The Kier molecular flexibility index (Phi) is 4.51. The normalized spacial score (nSPS) is 11.6. The van der Waals surface area contributed by atoms with Crippen molar-refractivity contribution in [3.63, 3.8) is 0 Å². The summed E-state index contributed by atoms with van der Waals surface area (Å²) in [6, 6.07) is 6.48. The van der Waals surface area contributed by atoms with E-state index in [2.05, 4.69) is 0 Å². The molecule has 5 heteroatoms. The molecule has 0 heterocycles. The van der Waals surface area contributed by atoms with E-state index < -0.39 is 18.0 Å². The fraction of sp³-hybridized carbons (Fsp3) is 0.333. The lowest BCUT2D eigenvalue weighted by Crippen LogP contribution is -2.17. The number of carboxylic acids is 1. The number of benzene rings is 1. The third kappa shape index (κ3) is 3.79. The van der Waals surface area contributed by atoms with Gasteiger partial charge >= 0.3 is 11.9 Å². The molecule has 92 valence electrons. The van der Waals surface area contributed by atoms with Crippen molar-refractivity contribution in [2.24, 2.45) is 0 Å². The molecule has 0 fully saturated rings. The Hall–Kier alpha value is -2.04. The summed E-state index contributed by atoms with van der Waals surface area (Å²) in [5, 5.41) is 8.98. The second kappa shape index (κ2) is 5.89. The lowest BCUT2D eigenvalue weighted by atomic mass is 10.1. The monoisotopic (exact) mass is 238 g/mol. The predicted octanol–water partition coefficient (Wildman–Crippen LogP) is 1.77. The highest BCUT2D eigenvalue weighted by Crippen LogP contribution is 2.22. The molecule has 1 N–H and O–H groups in total. The summed E-state index contributed by atoms with van der Waals surface area (Å²) in [4.78, 5) is 21.8. The number of carboxylic acid groups (broad SMARTS) is 1. The molecule has 1 rings (SSSR count). The van der Waals surface area contributed by atoms with Gasteiger partial charge in [-0.15, -0.1) is 0 Å². The van der Waals surface area contributed by atoms with Crippen molar-refractivity contribution >= 4 is 11.9 Å². The van der Waals surface area contributed by atoms with Crippen molar-refractivity contribution in [2.75, 3.05) is 6.61 Å². The van der Waals surface area contributed by atoms with E-state index in [9.17, 15) is 9.59 Å². The summed E-state index contributed by atoms with van der Waals surface area (Å²) >= 11 is 0. The van der Waals surface area contributed by atoms with Crippen LogP contribution in [0.2, 0.25) is 0 Å². The SMILES string of the molecule is CCOc1cccc(C(OC(C)=O)C(=O)O)c1. The van der Waals surface area contributed by atoms with Gasteiger partial charge in [0.2, 0.25) is 6.10 Å². The summed E-state index contributed by atoms with van der Waals surface area (Å²) in [6.45, 7) is 3.48. The van der Waals surface area contributed by atoms with Crippen molar-refractivity contribution < 1.29 is 24.2 Å². The van der Waals surface area contributed by atoms with Crippen LogP contribution in [0.15, 0.2) is 24.3 Å². The maximum absolute atomic E-state index is 11.0. The van der Waals surface area contributed by atoms with Crippen molar-refractivity contribution in [2.45, 2.75) is 20.0 Å². The first-order chi connectivity index (χ1) is 8.04. The molecule has 1 atom stereocenters. The number of carbonyl (C=O) groups is 2. The Balaban J connectivity index is 2.97. The molecule has 0 aliphatic heterocycles. The van der Waals surface area contributed by atoms with Crippen molar-refractivity contribution in [1.29, 1.82) is 0 Å². The fourth-order valence-corrected chi connectivity index (χ4v) is 1.36. The topological polar surface area (TPSA) is 72.8 Å². The zero-order valence-corrected chi connectivity index (χ0v) is 9.67. The van der Waals surface area contributed by atoms with Gasteiger partial charge in [0.25, 0.3) is 0 Å². The van der Waals surface area contributed by atoms with Crippen LogP contribution in [0.1, 0.15) is 25.5 Å². The predicted molar refractivity (Wildman–Crippen MR) is 59.8 cm³/mol. The summed E-state index contributed by atoms with van der Waals surface area (Å²) in [7, 11) is 0. The molecule has 0 bridgehead atoms. The lowest BCUT2D eigenvalue weighted by Gasteiger charge is -2.13. The Bertz CT molecular complexity index is 413. The van der Waals surface area contributed by atoms with E-state index in [1.165, 1.54) is 6.92 Å². The first-order valence-electron chi connectivity index (χ1n) is 5.17. The fourth-order valence-electron chi connectivity index (χ4n) is 1.36. The quantitative estimate of drug-likeness (QED) is 0.791. The van der Waals surface area contributed by atoms with Crippen LogP contribution >= 0.6 is 0 Å². The number of ether oxygens (including phenoxy) is 2. The first-order valence-corrected chi connectivity index (χ1v) is 5.17. The van der Waals surface area contributed by atoms with Crippen LogP contribution in [0.5, 0.6) is 5.75 Å². The molecule has 0 saturated carbocycles. The molecule has 0 radical (unpaired) electrons. The highest BCUT2D eigenvalue weighted by atomic mass is 16.6. The standard InChI is InChI=1S/C12H14O5/c1-3-16-10-6-4-5-9(7-10)11(12(14)15)17-8(2)13/h4-7,11H,3H2,1-2H3,(H,14,15). The van der Waals surface area contributed by atoms with E-state index in [-0.39, 0.29) is 0 Å². The molecule has 0 saturated heterocycles. The van der Waals surface area contributed by atoms with Crippen molar-refractivity contribution in [1.82, 2.24) is 0 Å². The highest BCUT2D eigenvalue weighted by molar-refractivity contribution is 5.78. The average molecular weight is 238 g/mol. The summed E-state index contributed by atoms with van der Waals surface area (Å²) in [6.07, 6.45) is -1.30. The minimum absolute atomic E-state index is 0.374. The van der Waals surface area contributed by atoms with Crippen LogP contribution in [0.25, 0.3) is 0 Å². The zero-order valence-electron chi connectivity index (χ0n) is 9.67. The lowest BCUT2D eigenvalue weighted by molar-refractivity contribution is -0.163. The molecule has 0 aliphatic carbocycles. The van der Waals surface area contributed by atoms with Crippen molar-refractivity contribution in [3.05, 3.63) is 29.8 Å².